The third-order valence-electron chi connectivity index (χ3n) is 3.24. The fourth-order valence-corrected chi connectivity index (χ4v) is 3.40. The molecule has 0 saturated heterocycles. The molecule has 0 fully saturated rings. The zero-order valence-electron chi connectivity index (χ0n) is 11.9. The van der Waals surface area contributed by atoms with Crippen LogP contribution in [0, 0.1) is 6.92 Å². The molecule has 1 nitrogen and oxygen atoms in total. The van der Waals surface area contributed by atoms with Crippen LogP contribution in [-0.2, 0) is 12.3 Å². The molecule has 0 aromatic heterocycles. The van der Waals surface area contributed by atoms with Crippen LogP contribution in [-0.4, -0.2) is 6.54 Å². The van der Waals surface area contributed by atoms with Crippen LogP contribution in [0.1, 0.15) is 23.6 Å². The molecule has 2 aromatic carbocycles. The minimum absolute atomic E-state index is 0.803. The number of hydrogen-bond acceptors (Lipinski definition) is 2. The Kier molecular flexibility index (Phi) is 5.96. The van der Waals surface area contributed by atoms with Gasteiger partial charge in [0, 0.05) is 22.2 Å². The molecule has 0 aliphatic carbocycles. The van der Waals surface area contributed by atoms with Gasteiger partial charge in [-0.1, -0.05) is 48.9 Å². The number of rotatable bonds is 6. The van der Waals surface area contributed by atoms with Gasteiger partial charge in [-0.25, -0.2) is 0 Å². The van der Waals surface area contributed by atoms with Crippen molar-refractivity contribution in [3.8, 4) is 0 Å². The molecule has 0 amide bonds. The Morgan fingerprint density at radius 2 is 1.90 bits per heavy atom. The summed E-state index contributed by atoms with van der Waals surface area (Å²) < 4.78 is 0. The van der Waals surface area contributed by atoms with E-state index in [2.05, 4.69) is 55.6 Å². The summed E-state index contributed by atoms with van der Waals surface area (Å²) in [5.41, 5.74) is 4.04. The number of benzene rings is 2. The second-order valence-corrected chi connectivity index (χ2v) is 6.20. The lowest BCUT2D eigenvalue weighted by Crippen LogP contribution is -2.12. The summed E-state index contributed by atoms with van der Waals surface area (Å²) in [6.45, 7) is 6.15. The number of halogens is 1. The van der Waals surface area contributed by atoms with Crippen LogP contribution in [0.25, 0.3) is 0 Å². The molecule has 0 radical (unpaired) electrons. The Balaban J connectivity index is 2.11. The van der Waals surface area contributed by atoms with Crippen LogP contribution in [0.2, 0.25) is 5.02 Å². The van der Waals surface area contributed by atoms with Gasteiger partial charge in [0.25, 0.3) is 0 Å². The van der Waals surface area contributed by atoms with Gasteiger partial charge in [0.05, 0.1) is 0 Å². The Morgan fingerprint density at radius 3 is 2.65 bits per heavy atom. The second-order valence-electron chi connectivity index (χ2n) is 4.75. The lowest BCUT2D eigenvalue weighted by atomic mass is 10.1. The Hall–Kier alpha value is -0.960. The van der Waals surface area contributed by atoms with Gasteiger partial charge in [0.15, 0.2) is 0 Å². The summed E-state index contributed by atoms with van der Waals surface area (Å²) in [6.07, 6.45) is 0. The van der Waals surface area contributed by atoms with E-state index in [1.54, 1.807) is 0 Å². The molecule has 0 saturated carbocycles. The molecule has 1 N–H and O–H groups in total. The van der Waals surface area contributed by atoms with E-state index >= 15 is 0 Å². The Morgan fingerprint density at radius 1 is 1.10 bits per heavy atom. The molecule has 0 unspecified atom stereocenters. The normalized spacial score (nSPS) is 10.8. The van der Waals surface area contributed by atoms with E-state index in [1.165, 1.54) is 21.6 Å². The lowest BCUT2D eigenvalue weighted by Gasteiger charge is -2.11. The van der Waals surface area contributed by atoms with Crippen molar-refractivity contribution in [2.45, 2.75) is 31.0 Å². The Bertz CT molecular complexity index is 569. The maximum Gasteiger partial charge on any atom is 0.0417 e. The van der Waals surface area contributed by atoms with Crippen molar-refractivity contribution in [1.82, 2.24) is 5.32 Å². The van der Waals surface area contributed by atoms with Crippen molar-refractivity contribution in [1.29, 1.82) is 0 Å². The van der Waals surface area contributed by atoms with E-state index in [4.69, 9.17) is 11.6 Å². The maximum atomic E-state index is 6.13. The average Bonchev–Trinajstić information content (AvgIpc) is 2.45. The van der Waals surface area contributed by atoms with Crippen LogP contribution in [0.3, 0.4) is 0 Å². The first-order chi connectivity index (χ1) is 9.70. The topological polar surface area (TPSA) is 12.0 Å². The van der Waals surface area contributed by atoms with Crippen LogP contribution < -0.4 is 5.32 Å². The first-order valence-electron chi connectivity index (χ1n) is 6.87. The molecule has 0 spiro atoms. The van der Waals surface area contributed by atoms with Gasteiger partial charge in [-0.15, -0.1) is 11.8 Å². The lowest BCUT2D eigenvalue weighted by molar-refractivity contribution is 0.718. The van der Waals surface area contributed by atoms with Gasteiger partial charge in [0.1, 0.15) is 0 Å². The fourth-order valence-electron chi connectivity index (χ4n) is 2.00. The Labute approximate surface area is 130 Å². The zero-order chi connectivity index (χ0) is 14.4. The number of thioether (sulfide) groups is 1. The molecule has 106 valence electrons. The summed E-state index contributed by atoms with van der Waals surface area (Å²) in [7, 11) is 0. The summed E-state index contributed by atoms with van der Waals surface area (Å²) in [6, 6.07) is 14.7. The van der Waals surface area contributed by atoms with E-state index in [1.807, 2.05) is 17.8 Å². The van der Waals surface area contributed by atoms with E-state index in [9.17, 15) is 0 Å². The van der Waals surface area contributed by atoms with E-state index in [0.29, 0.717) is 0 Å². The van der Waals surface area contributed by atoms with Gasteiger partial charge in [-0.3, -0.25) is 0 Å². The van der Waals surface area contributed by atoms with E-state index < -0.39 is 0 Å². The van der Waals surface area contributed by atoms with Crippen molar-refractivity contribution in [2.24, 2.45) is 0 Å². The van der Waals surface area contributed by atoms with Gasteiger partial charge in [-0.2, -0.15) is 0 Å². The van der Waals surface area contributed by atoms with Gasteiger partial charge in [0.2, 0.25) is 0 Å². The van der Waals surface area contributed by atoms with Crippen LogP contribution in [0.15, 0.2) is 47.4 Å². The number of nitrogens with one attached hydrogen (secondary N) is 1. The van der Waals surface area contributed by atoms with E-state index in [0.717, 1.165) is 23.9 Å². The standard InChI is InChI=1S/C17H20ClNS/c1-3-19-11-14-8-9-16(18)10-17(14)20-12-15-7-5-4-6-13(15)2/h4-10,19H,3,11-12H2,1-2H3. The SMILES string of the molecule is CCNCc1ccc(Cl)cc1SCc1ccccc1C. The number of aryl methyl sites for hydroxylation is 1. The monoisotopic (exact) mass is 305 g/mol. The molecule has 2 rings (SSSR count). The molecule has 2 aromatic rings. The molecule has 3 heteroatoms. The van der Waals surface area contributed by atoms with Crippen molar-refractivity contribution in [2.75, 3.05) is 6.54 Å². The summed E-state index contributed by atoms with van der Waals surface area (Å²) in [4.78, 5) is 1.27. The first kappa shape index (κ1) is 15.4. The molecule has 20 heavy (non-hydrogen) atoms. The van der Waals surface area contributed by atoms with Crippen molar-refractivity contribution in [3.05, 3.63) is 64.2 Å². The quantitative estimate of drug-likeness (QED) is 0.749. The third kappa shape index (κ3) is 4.27. The molecule has 0 aliphatic rings. The number of hydrogen-bond donors (Lipinski definition) is 1. The average molecular weight is 306 g/mol. The summed E-state index contributed by atoms with van der Waals surface area (Å²) in [5, 5.41) is 4.18. The second kappa shape index (κ2) is 7.72. The van der Waals surface area contributed by atoms with E-state index in [-0.39, 0.29) is 0 Å². The molecule has 0 atom stereocenters. The molecule has 0 bridgehead atoms. The maximum absolute atomic E-state index is 6.13. The zero-order valence-corrected chi connectivity index (χ0v) is 13.5. The van der Waals surface area contributed by atoms with Crippen molar-refractivity contribution >= 4 is 23.4 Å². The smallest absolute Gasteiger partial charge is 0.0417 e. The van der Waals surface area contributed by atoms with Crippen LogP contribution >= 0.6 is 23.4 Å². The largest absolute Gasteiger partial charge is 0.313 e. The first-order valence-corrected chi connectivity index (χ1v) is 8.23. The predicted octanol–water partition coefficient (Wildman–Crippen LogP) is 5.05. The highest BCUT2D eigenvalue weighted by molar-refractivity contribution is 7.98. The third-order valence-corrected chi connectivity index (χ3v) is 4.62. The minimum Gasteiger partial charge on any atom is -0.313 e. The van der Waals surface area contributed by atoms with Gasteiger partial charge >= 0.3 is 0 Å². The molecular formula is C17H20ClNS. The van der Waals surface area contributed by atoms with Gasteiger partial charge in [-0.05, 0) is 42.3 Å². The molecule has 0 heterocycles. The highest BCUT2D eigenvalue weighted by Gasteiger charge is 2.05. The highest BCUT2D eigenvalue weighted by Crippen LogP contribution is 2.29. The van der Waals surface area contributed by atoms with Crippen LogP contribution in [0.5, 0.6) is 0 Å². The van der Waals surface area contributed by atoms with Crippen molar-refractivity contribution in [3.63, 3.8) is 0 Å². The molecular weight excluding hydrogens is 286 g/mol. The summed E-state index contributed by atoms with van der Waals surface area (Å²) >= 11 is 7.98. The summed E-state index contributed by atoms with van der Waals surface area (Å²) in [5.74, 6) is 0.978. The minimum atomic E-state index is 0.803. The highest BCUT2D eigenvalue weighted by atomic mass is 35.5. The van der Waals surface area contributed by atoms with Crippen molar-refractivity contribution < 1.29 is 0 Å². The van der Waals surface area contributed by atoms with Gasteiger partial charge < -0.3 is 5.32 Å². The predicted molar refractivity (Wildman–Crippen MR) is 89.6 cm³/mol. The van der Waals surface area contributed by atoms with Crippen LogP contribution in [0.4, 0.5) is 0 Å². The fraction of sp³-hybridized carbons (Fsp3) is 0.294. The molecule has 0 aliphatic heterocycles.